The molecule has 0 spiro atoms. The van der Waals surface area contributed by atoms with E-state index in [0.29, 0.717) is 0 Å². The summed E-state index contributed by atoms with van der Waals surface area (Å²) in [5.41, 5.74) is 0. The third-order valence-corrected chi connectivity index (χ3v) is 0.0913. The molecule has 0 saturated heterocycles. The van der Waals surface area contributed by atoms with Crippen molar-refractivity contribution in [1.29, 1.82) is 5.26 Å². The fraction of sp³-hybridized carbons (Fsp3) is 0.667. The molecule has 0 aliphatic rings. The molecule has 2 heteroatoms. The van der Waals surface area contributed by atoms with Crippen LogP contribution in [0.25, 0.3) is 0 Å². The van der Waals surface area contributed by atoms with E-state index in [1.807, 2.05) is 0 Å². The second-order valence-electron chi connectivity index (χ2n) is 0.295. The molecule has 0 aliphatic heterocycles. The van der Waals surface area contributed by atoms with Gasteiger partial charge in [-0.1, -0.05) is 7.43 Å². The lowest BCUT2D eigenvalue weighted by atomic mass is 11.5. The number of methoxy groups -OCH3 is 1. The van der Waals surface area contributed by atoms with E-state index in [1.165, 1.54) is 13.4 Å². The Labute approximate surface area is 32.0 Å². The lowest BCUT2D eigenvalue weighted by Gasteiger charge is -1.61. The quantitative estimate of drug-likeness (QED) is 0.396. The average molecular weight is 73.1 g/mol. The summed E-state index contributed by atoms with van der Waals surface area (Å²) in [7, 11) is 1.32. The minimum Gasteiger partial charge on any atom is -0.431 e. The standard InChI is InChI=1S/C2H3NO.CH4/c1-4-2-3;/h1H3;1H4. The van der Waals surface area contributed by atoms with Gasteiger partial charge in [0.1, 0.15) is 0 Å². The largest absolute Gasteiger partial charge is 0.431 e. The first-order valence-electron chi connectivity index (χ1n) is 0.836. The Kier molecular flexibility index (Phi) is 18.4. The van der Waals surface area contributed by atoms with Gasteiger partial charge in [-0.15, -0.1) is 0 Å². The topological polar surface area (TPSA) is 33.0 Å². The fourth-order valence-corrected chi connectivity index (χ4v) is 0. The first-order valence-corrected chi connectivity index (χ1v) is 0.836. The van der Waals surface area contributed by atoms with Gasteiger partial charge in [0.15, 0.2) is 0 Å². The molecule has 0 saturated carbocycles. The Morgan fingerprint density at radius 3 is 2.00 bits per heavy atom. The van der Waals surface area contributed by atoms with E-state index >= 15 is 0 Å². The molecule has 0 aliphatic carbocycles. The molecule has 0 unspecified atom stereocenters. The highest BCUT2D eigenvalue weighted by atomic mass is 16.5. The Balaban J connectivity index is 0. The lowest BCUT2D eigenvalue weighted by Crippen LogP contribution is -1.55. The van der Waals surface area contributed by atoms with Gasteiger partial charge in [-0.3, -0.25) is 0 Å². The van der Waals surface area contributed by atoms with Crippen LogP contribution in [-0.2, 0) is 4.74 Å². The number of nitrogens with zero attached hydrogens (tertiary/aromatic N) is 1. The van der Waals surface area contributed by atoms with Crippen molar-refractivity contribution < 1.29 is 4.74 Å². The van der Waals surface area contributed by atoms with Gasteiger partial charge in [-0.25, -0.2) is 0 Å². The maximum atomic E-state index is 7.40. The monoisotopic (exact) mass is 73.1 g/mol. The lowest BCUT2D eigenvalue weighted by molar-refractivity contribution is 0.362. The zero-order valence-corrected chi connectivity index (χ0v) is 2.36. The predicted octanol–water partition coefficient (Wildman–Crippen LogP) is 0.750. The summed E-state index contributed by atoms with van der Waals surface area (Å²) in [4.78, 5) is 0. The van der Waals surface area contributed by atoms with Gasteiger partial charge in [0, 0.05) is 0 Å². The van der Waals surface area contributed by atoms with Crippen molar-refractivity contribution in [1.82, 2.24) is 0 Å². The molecular weight excluding hydrogens is 66.0 g/mol. The van der Waals surface area contributed by atoms with Gasteiger partial charge in [-0.2, -0.15) is 5.26 Å². The summed E-state index contributed by atoms with van der Waals surface area (Å²) in [5, 5.41) is 7.40. The summed E-state index contributed by atoms with van der Waals surface area (Å²) in [6, 6.07) is 0. The van der Waals surface area contributed by atoms with E-state index in [1.54, 1.807) is 0 Å². The van der Waals surface area contributed by atoms with Crippen molar-refractivity contribution in [3.05, 3.63) is 0 Å². The van der Waals surface area contributed by atoms with Crippen LogP contribution in [0.1, 0.15) is 7.43 Å². The number of ether oxygens (including phenoxy) is 1. The highest BCUT2D eigenvalue weighted by Gasteiger charge is 1.42. The molecule has 0 aromatic carbocycles. The molecule has 5 heavy (non-hydrogen) atoms. The highest BCUT2D eigenvalue weighted by molar-refractivity contribution is 4.39. The first kappa shape index (κ1) is 8.85. The van der Waals surface area contributed by atoms with Crippen molar-refractivity contribution in [2.45, 2.75) is 7.43 Å². The van der Waals surface area contributed by atoms with Crippen LogP contribution in [-0.4, -0.2) is 7.11 Å². The van der Waals surface area contributed by atoms with Gasteiger partial charge in [0.25, 0.3) is 6.26 Å². The predicted molar refractivity (Wildman–Crippen MR) is 19.4 cm³/mol. The molecule has 0 aromatic rings. The Hall–Kier alpha value is -0.710. The van der Waals surface area contributed by atoms with Gasteiger partial charge < -0.3 is 4.74 Å². The first-order chi connectivity index (χ1) is 1.91. The molecule has 0 fully saturated rings. The van der Waals surface area contributed by atoms with Crippen molar-refractivity contribution in [3.63, 3.8) is 0 Å². The Morgan fingerprint density at radius 1 is 1.80 bits per heavy atom. The Morgan fingerprint density at radius 2 is 2.00 bits per heavy atom. The SMILES string of the molecule is C.COC#N. The van der Waals surface area contributed by atoms with Crippen molar-refractivity contribution in [2.24, 2.45) is 0 Å². The van der Waals surface area contributed by atoms with E-state index < -0.39 is 0 Å². The van der Waals surface area contributed by atoms with Crippen LogP contribution in [0.2, 0.25) is 0 Å². The summed E-state index contributed by atoms with van der Waals surface area (Å²) in [5.74, 6) is 0. The van der Waals surface area contributed by atoms with Crippen LogP contribution in [0.4, 0.5) is 0 Å². The molecule has 0 amide bonds. The second kappa shape index (κ2) is 10.4. The highest BCUT2D eigenvalue weighted by Crippen LogP contribution is 1.41. The molecule has 0 rings (SSSR count). The van der Waals surface area contributed by atoms with Crippen molar-refractivity contribution in [3.8, 4) is 6.26 Å². The molecule has 0 N–H and O–H groups in total. The van der Waals surface area contributed by atoms with Crippen molar-refractivity contribution >= 4 is 0 Å². The van der Waals surface area contributed by atoms with E-state index in [9.17, 15) is 0 Å². The van der Waals surface area contributed by atoms with Crippen molar-refractivity contribution in [2.75, 3.05) is 7.11 Å². The van der Waals surface area contributed by atoms with E-state index in [0.717, 1.165) is 0 Å². The summed E-state index contributed by atoms with van der Waals surface area (Å²) in [6.45, 7) is 0. The van der Waals surface area contributed by atoms with Crippen LogP contribution in [0.3, 0.4) is 0 Å². The molecule has 0 heterocycles. The maximum absolute atomic E-state index is 7.40. The maximum Gasteiger partial charge on any atom is 0.286 e. The van der Waals surface area contributed by atoms with Crippen LogP contribution in [0, 0.1) is 11.5 Å². The summed E-state index contributed by atoms with van der Waals surface area (Å²) < 4.78 is 3.85. The van der Waals surface area contributed by atoms with Gasteiger partial charge >= 0.3 is 0 Å². The van der Waals surface area contributed by atoms with Gasteiger partial charge in [0.2, 0.25) is 0 Å². The molecule has 2 nitrogen and oxygen atoms in total. The fourth-order valence-electron chi connectivity index (χ4n) is 0. The van der Waals surface area contributed by atoms with Crippen LogP contribution in [0.5, 0.6) is 0 Å². The van der Waals surface area contributed by atoms with Crippen LogP contribution >= 0.6 is 0 Å². The average Bonchev–Trinajstić information content (AvgIpc) is 1.37. The molecular formula is C3H7NO. The number of nitriles is 1. The third-order valence-electron chi connectivity index (χ3n) is 0.0913. The third kappa shape index (κ3) is 65.1. The normalized spacial score (nSPS) is 3.20. The second-order valence-corrected chi connectivity index (χ2v) is 0.295. The van der Waals surface area contributed by atoms with E-state index in [2.05, 4.69) is 4.74 Å². The van der Waals surface area contributed by atoms with Gasteiger partial charge in [-0.05, 0) is 0 Å². The molecule has 0 atom stereocenters. The van der Waals surface area contributed by atoms with Gasteiger partial charge in [0.05, 0.1) is 7.11 Å². The van der Waals surface area contributed by atoms with E-state index in [-0.39, 0.29) is 7.43 Å². The minimum absolute atomic E-state index is 0. The molecule has 0 bridgehead atoms. The summed E-state index contributed by atoms with van der Waals surface area (Å²) in [6.07, 6.45) is 1.43. The van der Waals surface area contributed by atoms with Crippen LogP contribution < -0.4 is 0 Å². The zero-order valence-electron chi connectivity index (χ0n) is 2.36. The molecule has 0 radical (unpaired) electrons. The van der Waals surface area contributed by atoms with E-state index in [4.69, 9.17) is 5.26 Å². The zero-order chi connectivity index (χ0) is 3.41. The molecule has 0 aromatic heterocycles. The smallest absolute Gasteiger partial charge is 0.286 e. The number of rotatable bonds is 0. The molecule has 30 valence electrons. The Bertz CT molecular complexity index is 36.6. The minimum atomic E-state index is 0. The number of hydrogen-bond donors (Lipinski definition) is 0. The van der Waals surface area contributed by atoms with Crippen LogP contribution in [0.15, 0.2) is 0 Å². The summed E-state index contributed by atoms with van der Waals surface area (Å²) >= 11 is 0. The number of hydrogen-bond acceptors (Lipinski definition) is 2.